The molecule has 0 aromatic carbocycles. The second-order valence-corrected chi connectivity index (χ2v) is 2.46. The second-order valence-electron chi connectivity index (χ2n) is 2.46. The number of nitrogens with zero attached hydrogens (tertiary/aromatic N) is 3. The molecular formula is C9H8N4. The van der Waals surface area contributed by atoms with Gasteiger partial charge in [-0.1, -0.05) is 0 Å². The molecule has 0 amide bonds. The molecule has 0 radical (unpaired) electrons. The number of pyridine rings is 1. The van der Waals surface area contributed by atoms with Crippen molar-refractivity contribution in [3.63, 3.8) is 0 Å². The topological polar surface area (TPSA) is 50.7 Å². The summed E-state index contributed by atoms with van der Waals surface area (Å²) in [6, 6.07) is 3.78. The summed E-state index contributed by atoms with van der Waals surface area (Å²) in [7, 11) is 0. The standard InChI is InChI=1S/C9H8N4/c1-2-8(6-10-3-1)13-9-7-11-4-5-12-9/h1-7H,(H,12,13). The van der Waals surface area contributed by atoms with Gasteiger partial charge in [-0.25, -0.2) is 4.98 Å². The zero-order chi connectivity index (χ0) is 8.93. The van der Waals surface area contributed by atoms with Crippen molar-refractivity contribution in [1.82, 2.24) is 15.0 Å². The smallest absolute Gasteiger partial charge is 0.148 e. The van der Waals surface area contributed by atoms with E-state index in [9.17, 15) is 0 Å². The predicted molar refractivity (Wildman–Crippen MR) is 49.6 cm³/mol. The Bertz CT molecular complexity index is 322. The zero-order valence-corrected chi connectivity index (χ0v) is 6.88. The minimum atomic E-state index is 0.718. The Morgan fingerprint density at radius 3 is 2.62 bits per heavy atom. The summed E-state index contributed by atoms with van der Waals surface area (Å²) in [6.45, 7) is 0. The van der Waals surface area contributed by atoms with Gasteiger partial charge in [-0.15, -0.1) is 0 Å². The molecule has 64 valence electrons. The molecule has 2 rings (SSSR count). The van der Waals surface area contributed by atoms with E-state index >= 15 is 0 Å². The van der Waals surface area contributed by atoms with Crippen LogP contribution in [0.2, 0.25) is 0 Å². The molecule has 4 nitrogen and oxygen atoms in total. The van der Waals surface area contributed by atoms with Gasteiger partial charge in [-0.05, 0) is 12.1 Å². The number of hydrogen-bond acceptors (Lipinski definition) is 4. The van der Waals surface area contributed by atoms with Gasteiger partial charge < -0.3 is 5.32 Å². The van der Waals surface area contributed by atoms with E-state index in [1.165, 1.54) is 0 Å². The average molecular weight is 172 g/mol. The van der Waals surface area contributed by atoms with Gasteiger partial charge in [-0.3, -0.25) is 9.97 Å². The summed E-state index contributed by atoms with van der Waals surface area (Å²) in [5.41, 5.74) is 0.906. The Labute approximate surface area is 75.7 Å². The molecule has 0 spiro atoms. The molecule has 0 aliphatic heterocycles. The fraction of sp³-hybridized carbons (Fsp3) is 0. The normalized spacial score (nSPS) is 9.54. The minimum Gasteiger partial charge on any atom is -0.338 e. The molecule has 2 heterocycles. The van der Waals surface area contributed by atoms with Crippen molar-refractivity contribution in [1.29, 1.82) is 0 Å². The van der Waals surface area contributed by atoms with E-state index in [0.717, 1.165) is 11.5 Å². The molecule has 0 aliphatic carbocycles. The van der Waals surface area contributed by atoms with Gasteiger partial charge in [0.15, 0.2) is 0 Å². The summed E-state index contributed by atoms with van der Waals surface area (Å²) in [6.07, 6.45) is 8.39. The first kappa shape index (κ1) is 7.67. The Hall–Kier alpha value is -1.97. The molecule has 0 saturated heterocycles. The van der Waals surface area contributed by atoms with Crippen LogP contribution in [0.15, 0.2) is 43.1 Å². The maximum atomic E-state index is 4.07. The van der Waals surface area contributed by atoms with Gasteiger partial charge in [0.25, 0.3) is 0 Å². The van der Waals surface area contributed by atoms with Crippen LogP contribution in [0.25, 0.3) is 0 Å². The Morgan fingerprint density at radius 2 is 1.92 bits per heavy atom. The predicted octanol–water partition coefficient (Wildman–Crippen LogP) is 1.62. The van der Waals surface area contributed by atoms with Crippen LogP contribution in [0, 0.1) is 0 Å². The molecule has 1 N–H and O–H groups in total. The third kappa shape index (κ3) is 1.99. The first-order valence-corrected chi connectivity index (χ1v) is 3.88. The number of nitrogens with one attached hydrogen (secondary N) is 1. The number of anilines is 2. The zero-order valence-electron chi connectivity index (χ0n) is 6.88. The van der Waals surface area contributed by atoms with E-state index in [2.05, 4.69) is 20.3 Å². The molecule has 0 bridgehead atoms. The van der Waals surface area contributed by atoms with E-state index in [-0.39, 0.29) is 0 Å². The van der Waals surface area contributed by atoms with Gasteiger partial charge in [0.1, 0.15) is 5.82 Å². The number of hydrogen-bond donors (Lipinski definition) is 1. The van der Waals surface area contributed by atoms with Crippen LogP contribution in [0.5, 0.6) is 0 Å². The van der Waals surface area contributed by atoms with Crippen molar-refractivity contribution < 1.29 is 0 Å². The van der Waals surface area contributed by atoms with E-state index in [1.807, 2.05) is 12.1 Å². The summed E-state index contributed by atoms with van der Waals surface area (Å²) >= 11 is 0. The maximum absolute atomic E-state index is 4.07. The van der Waals surface area contributed by atoms with Crippen LogP contribution in [0.1, 0.15) is 0 Å². The Kier molecular flexibility index (Phi) is 2.14. The first-order valence-electron chi connectivity index (χ1n) is 3.88. The Morgan fingerprint density at radius 1 is 1.00 bits per heavy atom. The molecule has 13 heavy (non-hydrogen) atoms. The molecule has 0 unspecified atom stereocenters. The van der Waals surface area contributed by atoms with E-state index in [0.29, 0.717) is 0 Å². The van der Waals surface area contributed by atoms with Crippen molar-refractivity contribution in [3.8, 4) is 0 Å². The summed E-state index contributed by atoms with van der Waals surface area (Å²) in [5, 5.41) is 3.07. The quantitative estimate of drug-likeness (QED) is 0.747. The number of aromatic nitrogens is 3. The van der Waals surface area contributed by atoms with Crippen molar-refractivity contribution in [2.75, 3.05) is 5.32 Å². The molecule has 0 fully saturated rings. The SMILES string of the molecule is c1cncc(Nc2cnccn2)c1. The number of rotatable bonds is 2. The van der Waals surface area contributed by atoms with E-state index in [4.69, 9.17) is 0 Å². The van der Waals surface area contributed by atoms with Crippen molar-refractivity contribution in [3.05, 3.63) is 43.1 Å². The van der Waals surface area contributed by atoms with Gasteiger partial charge in [0.2, 0.25) is 0 Å². The van der Waals surface area contributed by atoms with Crippen LogP contribution < -0.4 is 5.32 Å². The lowest BCUT2D eigenvalue weighted by Crippen LogP contribution is -1.93. The maximum Gasteiger partial charge on any atom is 0.148 e. The summed E-state index contributed by atoms with van der Waals surface area (Å²) in [5.74, 6) is 0.718. The minimum absolute atomic E-state index is 0.718. The fourth-order valence-electron chi connectivity index (χ4n) is 0.948. The molecule has 0 aliphatic rings. The van der Waals surface area contributed by atoms with Crippen LogP contribution in [0.4, 0.5) is 11.5 Å². The molecule has 4 heteroatoms. The lowest BCUT2D eigenvalue weighted by atomic mass is 10.4. The lowest BCUT2D eigenvalue weighted by Gasteiger charge is -2.02. The van der Waals surface area contributed by atoms with Crippen LogP contribution in [0.3, 0.4) is 0 Å². The highest BCUT2D eigenvalue weighted by Gasteiger charge is 1.92. The molecular weight excluding hydrogens is 164 g/mol. The van der Waals surface area contributed by atoms with Gasteiger partial charge in [-0.2, -0.15) is 0 Å². The van der Waals surface area contributed by atoms with E-state index < -0.39 is 0 Å². The average Bonchev–Trinajstić information content (AvgIpc) is 2.21. The molecule has 2 aromatic rings. The van der Waals surface area contributed by atoms with Gasteiger partial charge >= 0.3 is 0 Å². The molecule has 0 atom stereocenters. The van der Waals surface area contributed by atoms with Crippen LogP contribution in [-0.2, 0) is 0 Å². The largest absolute Gasteiger partial charge is 0.338 e. The second kappa shape index (κ2) is 3.62. The van der Waals surface area contributed by atoms with Crippen molar-refractivity contribution in [2.24, 2.45) is 0 Å². The lowest BCUT2D eigenvalue weighted by molar-refractivity contribution is 1.19. The fourth-order valence-corrected chi connectivity index (χ4v) is 0.948. The monoisotopic (exact) mass is 172 g/mol. The molecule has 2 aromatic heterocycles. The van der Waals surface area contributed by atoms with Gasteiger partial charge in [0.05, 0.1) is 18.1 Å². The van der Waals surface area contributed by atoms with E-state index in [1.54, 1.807) is 31.0 Å². The third-order valence-electron chi connectivity index (χ3n) is 1.50. The van der Waals surface area contributed by atoms with Crippen molar-refractivity contribution >= 4 is 11.5 Å². The van der Waals surface area contributed by atoms with Crippen LogP contribution in [-0.4, -0.2) is 15.0 Å². The van der Waals surface area contributed by atoms with Crippen LogP contribution >= 0.6 is 0 Å². The van der Waals surface area contributed by atoms with Gasteiger partial charge in [0, 0.05) is 18.6 Å². The third-order valence-corrected chi connectivity index (χ3v) is 1.50. The highest BCUT2D eigenvalue weighted by Crippen LogP contribution is 2.09. The summed E-state index contributed by atoms with van der Waals surface area (Å²) in [4.78, 5) is 12.0. The Balaban J connectivity index is 2.16. The summed E-state index contributed by atoms with van der Waals surface area (Å²) < 4.78 is 0. The van der Waals surface area contributed by atoms with Crippen molar-refractivity contribution in [2.45, 2.75) is 0 Å². The highest BCUT2D eigenvalue weighted by atomic mass is 15.0. The molecule has 0 saturated carbocycles. The first-order chi connectivity index (χ1) is 6.45. The highest BCUT2D eigenvalue weighted by molar-refractivity contribution is 5.52.